The quantitative estimate of drug-likeness (QED) is 0.219. The zero-order chi connectivity index (χ0) is 31.1. The molecule has 2 aromatic heterocycles. The van der Waals surface area contributed by atoms with Crippen molar-refractivity contribution in [1.29, 1.82) is 0 Å². The van der Waals surface area contributed by atoms with Crippen LogP contribution in [0.2, 0.25) is 5.02 Å². The van der Waals surface area contributed by atoms with Crippen LogP contribution in [0.15, 0.2) is 48.7 Å². The topological polar surface area (TPSA) is 85.4 Å². The third-order valence-electron chi connectivity index (χ3n) is 8.78. The zero-order valence-electron chi connectivity index (χ0n) is 24.1. The lowest BCUT2D eigenvalue weighted by Gasteiger charge is -2.33. The number of likely N-dealkylation sites (tertiary alicyclic amines) is 1. The van der Waals surface area contributed by atoms with E-state index in [1.807, 2.05) is 24.3 Å². The molecule has 1 N–H and O–H groups in total. The Labute approximate surface area is 261 Å². The Morgan fingerprint density at radius 2 is 1.69 bits per heavy atom. The van der Waals surface area contributed by atoms with Gasteiger partial charge in [0.15, 0.2) is 17.3 Å². The summed E-state index contributed by atoms with van der Waals surface area (Å²) in [5.41, 5.74) is 3.72. The summed E-state index contributed by atoms with van der Waals surface area (Å²) in [7, 11) is 0. The Bertz CT molecular complexity index is 1690. The van der Waals surface area contributed by atoms with E-state index in [0.29, 0.717) is 47.4 Å². The predicted octanol–water partition coefficient (Wildman–Crippen LogP) is 7.42. The van der Waals surface area contributed by atoms with Gasteiger partial charge in [-0.3, -0.25) is 9.88 Å². The number of piperidine rings is 1. The van der Waals surface area contributed by atoms with Gasteiger partial charge < -0.3 is 19.2 Å². The van der Waals surface area contributed by atoms with Crippen LogP contribution >= 0.6 is 11.6 Å². The SMILES string of the molecule is Fc1cc(Cl)ccc1[C@H]1Oc2cccc(C3CCN(Cc4ncc(-c5nnc(C(F)(F)F)[nH]5)cc4C4CCOCC4)CC3)c2O1. The van der Waals surface area contributed by atoms with Gasteiger partial charge in [0.2, 0.25) is 5.82 Å². The second kappa shape index (κ2) is 12.2. The summed E-state index contributed by atoms with van der Waals surface area (Å²) in [6, 6.07) is 12.1. The molecule has 13 heteroatoms. The lowest BCUT2D eigenvalue weighted by Crippen LogP contribution is -2.33. The first kappa shape index (κ1) is 29.9. The maximum absolute atomic E-state index is 14.6. The first-order chi connectivity index (χ1) is 21.7. The number of alkyl halides is 3. The fourth-order valence-electron chi connectivity index (χ4n) is 6.41. The van der Waals surface area contributed by atoms with Gasteiger partial charge in [-0.15, -0.1) is 10.2 Å². The molecular formula is C32H30ClF4N5O3. The van der Waals surface area contributed by atoms with Gasteiger partial charge in [-0.25, -0.2) is 4.39 Å². The van der Waals surface area contributed by atoms with Gasteiger partial charge in [0.1, 0.15) is 5.82 Å². The number of fused-ring (bicyclic) bond motifs is 1. The number of H-pyrrole nitrogens is 1. The molecule has 8 nitrogen and oxygen atoms in total. The molecule has 0 amide bonds. The van der Waals surface area contributed by atoms with Crippen molar-refractivity contribution >= 4 is 11.6 Å². The number of hydrogen-bond acceptors (Lipinski definition) is 7. The molecule has 2 saturated heterocycles. The maximum Gasteiger partial charge on any atom is 0.451 e. The highest BCUT2D eigenvalue weighted by molar-refractivity contribution is 6.30. The normalized spacial score (nSPS) is 19.7. The number of nitrogens with one attached hydrogen (secondary N) is 1. The molecule has 236 valence electrons. The first-order valence-electron chi connectivity index (χ1n) is 14.9. The van der Waals surface area contributed by atoms with Crippen LogP contribution < -0.4 is 9.47 Å². The zero-order valence-corrected chi connectivity index (χ0v) is 24.9. The molecule has 1 atom stereocenters. The summed E-state index contributed by atoms with van der Waals surface area (Å²) < 4.78 is 71.7. The number of para-hydroxylation sites is 1. The average Bonchev–Trinajstić information content (AvgIpc) is 3.71. The van der Waals surface area contributed by atoms with E-state index in [0.717, 1.165) is 55.6 Å². The molecule has 2 aromatic carbocycles. The fraction of sp³-hybridized carbons (Fsp3) is 0.406. The van der Waals surface area contributed by atoms with Crippen molar-refractivity contribution in [2.75, 3.05) is 26.3 Å². The van der Waals surface area contributed by atoms with Gasteiger partial charge in [-0.2, -0.15) is 13.2 Å². The Morgan fingerprint density at radius 3 is 2.42 bits per heavy atom. The van der Waals surface area contributed by atoms with Gasteiger partial charge in [0.25, 0.3) is 6.29 Å². The highest BCUT2D eigenvalue weighted by atomic mass is 35.5. The van der Waals surface area contributed by atoms with Gasteiger partial charge in [0.05, 0.1) is 11.3 Å². The van der Waals surface area contributed by atoms with E-state index in [1.165, 1.54) is 6.07 Å². The van der Waals surface area contributed by atoms with E-state index in [-0.39, 0.29) is 17.7 Å². The number of benzene rings is 2. The minimum Gasteiger partial charge on any atom is -0.447 e. The van der Waals surface area contributed by atoms with E-state index in [2.05, 4.69) is 20.1 Å². The van der Waals surface area contributed by atoms with E-state index < -0.39 is 24.1 Å². The highest BCUT2D eigenvalue weighted by Gasteiger charge is 2.36. The summed E-state index contributed by atoms with van der Waals surface area (Å²) in [5, 5.41) is 7.31. The Morgan fingerprint density at radius 1 is 0.911 bits per heavy atom. The van der Waals surface area contributed by atoms with Crippen LogP contribution in [0.3, 0.4) is 0 Å². The van der Waals surface area contributed by atoms with Crippen LogP contribution in [0.1, 0.15) is 72.0 Å². The smallest absolute Gasteiger partial charge is 0.447 e. The van der Waals surface area contributed by atoms with Gasteiger partial charge in [-0.05, 0) is 86.5 Å². The summed E-state index contributed by atoms with van der Waals surface area (Å²) in [6.45, 7) is 3.50. The van der Waals surface area contributed by atoms with Crippen LogP contribution in [-0.2, 0) is 17.5 Å². The minimum absolute atomic E-state index is 0.0399. The third-order valence-corrected chi connectivity index (χ3v) is 9.01. The van der Waals surface area contributed by atoms with Crippen molar-refractivity contribution in [2.45, 2.75) is 56.5 Å². The molecule has 0 spiro atoms. The van der Waals surface area contributed by atoms with E-state index >= 15 is 0 Å². The predicted molar refractivity (Wildman–Crippen MR) is 157 cm³/mol. The molecule has 3 aliphatic heterocycles. The number of aromatic nitrogens is 4. The second-order valence-electron chi connectivity index (χ2n) is 11.6. The largest absolute Gasteiger partial charge is 0.451 e. The monoisotopic (exact) mass is 643 g/mol. The van der Waals surface area contributed by atoms with Crippen molar-refractivity contribution in [3.05, 3.63) is 87.7 Å². The molecule has 0 bridgehead atoms. The van der Waals surface area contributed by atoms with Crippen molar-refractivity contribution < 1.29 is 31.8 Å². The third kappa shape index (κ3) is 6.23. The molecule has 0 radical (unpaired) electrons. The number of nitrogens with zero attached hydrogens (tertiary/aromatic N) is 4. The van der Waals surface area contributed by atoms with Gasteiger partial charge in [-0.1, -0.05) is 23.7 Å². The molecule has 0 unspecified atom stereocenters. The molecule has 3 aliphatic rings. The van der Waals surface area contributed by atoms with E-state index in [4.69, 9.17) is 30.8 Å². The Balaban J connectivity index is 1.06. The second-order valence-corrected chi connectivity index (χ2v) is 12.1. The summed E-state index contributed by atoms with van der Waals surface area (Å²) >= 11 is 5.92. The number of aromatic amines is 1. The van der Waals surface area contributed by atoms with Crippen molar-refractivity contribution in [3.8, 4) is 22.9 Å². The molecule has 0 aliphatic carbocycles. The van der Waals surface area contributed by atoms with Gasteiger partial charge >= 0.3 is 6.18 Å². The Kier molecular flexibility index (Phi) is 8.13. The molecule has 0 saturated carbocycles. The highest BCUT2D eigenvalue weighted by Crippen LogP contribution is 2.47. The van der Waals surface area contributed by atoms with Crippen molar-refractivity contribution in [3.63, 3.8) is 0 Å². The summed E-state index contributed by atoms with van der Waals surface area (Å²) in [4.78, 5) is 9.38. The maximum atomic E-state index is 14.6. The number of pyridine rings is 1. The van der Waals surface area contributed by atoms with E-state index in [9.17, 15) is 17.6 Å². The van der Waals surface area contributed by atoms with Crippen LogP contribution in [-0.4, -0.2) is 51.4 Å². The minimum atomic E-state index is -4.61. The van der Waals surface area contributed by atoms with Crippen LogP contribution in [0.4, 0.5) is 17.6 Å². The molecule has 45 heavy (non-hydrogen) atoms. The summed E-state index contributed by atoms with van der Waals surface area (Å²) in [6.07, 6.45) is -0.544. The Hall–Kier alpha value is -3.74. The van der Waals surface area contributed by atoms with Crippen LogP contribution in [0.5, 0.6) is 11.5 Å². The molecule has 4 aromatic rings. The lowest BCUT2D eigenvalue weighted by molar-refractivity contribution is -0.144. The molecule has 7 rings (SSSR count). The van der Waals surface area contributed by atoms with E-state index in [1.54, 1.807) is 18.3 Å². The first-order valence-corrected chi connectivity index (χ1v) is 15.3. The lowest BCUT2D eigenvalue weighted by atomic mass is 9.87. The summed E-state index contributed by atoms with van der Waals surface area (Å²) in [5.74, 6) is 0.0800. The van der Waals surface area contributed by atoms with Crippen LogP contribution in [0, 0.1) is 5.82 Å². The number of rotatable bonds is 6. The van der Waals surface area contributed by atoms with Crippen molar-refractivity contribution in [1.82, 2.24) is 25.1 Å². The average molecular weight is 644 g/mol. The van der Waals surface area contributed by atoms with Gasteiger partial charge in [0, 0.05) is 42.1 Å². The molecule has 5 heterocycles. The number of hydrogen-bond donors (Lipinski definition) is 1. The molecular weight excluding hydrogens is 614 g/mol. The van der Waals surface area contributed by atoms with Crippen molar-refractivity contribution in [2.24, 2.45) is 0 Å². The molecule has 2 fully saturated rings. The fourth-order valence-corrected chi connectivity index (χ4v) is 6.57. The number of halogens is 5. The van der Waals surface area contributed by atoms with Crippen LogP contribution in [0.25, 0.3) is 11.4 Å². The number of ether oxygens (including phenoxy) is 3. The standard InChI is InChI=1S/C32H30ClF4N5O3/c33-21-4-5-23(25(34)15-21)30-44-27-3-1-2-22(28(27)45-30)18-6-10-42(11-7-18)17-26-24(19-8-12-43-13-9-19)14-20(16-38-26)29-39-31(41-40-29)32(35,36)37/h1-5,14-16,18-19,30H,6-13,17H2,(H,39,40,41)/t30-/m0/s1.